The standard InChI is InChI=1S/C12H10ClF3N2O2S2/c1-7-17-5-9(21-7)6-18-22(19,20)11-4-8(12(14,15)16)2-3-10(11)13/h2-5,18H,6H2,1H3. The topological polar surface area (TPSA) is 59.1 Å². The van der Waals surface area contributed by atoms with Crippen LogP contribution in [0.2, 0.25) is 5.02 Å². The van der Waals surface area contributed by atoms with Gasteiger partial charge in [0.1, 0.15) is 4.90 Å². The number of thiazole rings is 1. The van der Waals surface area contributed by atoms with E-state index in [1.54, 1.807) is 6.92 Å². The van der Waals surface area contributed by atoms with Crippen molar-refractivity contribution in [3.05, 3.63) is 44.9 Å². The number of nitrogens with one attached hydrogen (secondary N) is 1. The minimum atomic E-state index is -4.65. The molecule has 0 aliphatic heterocycles. The zero-order chi connectivity index (χ0) is 16.5. The summed E-state index contributed by atoms with van der Waals surface area (Å²) < 4.78 is 64.5. The van der Waals surface area contributed by atoms with E-state index in [-0.39, 0.29) is 11.6 Å². The lowest BCUT2D eigenvalue weighted by atomic mass is 10.2. The van der Waals surface area contributed by atoms with Gasteiger partial charge in [-0.1, -0.05) is 11.6 Å². The van der Waals surface area contributed by atoms with Crippen molar-refractivity contribution >= 4 is 33.0 Å². The maximum absolute atomic E-state index is 12.7. The first-order valence-electron chi connectivity index (χ1n) is 5.87. The summed E-state index contributed by atoms with van der Waals surface area (Å²) in [6.45, 7) is 1.69. The molecule has 22 heavy (non-hydrogen) atoms. The molecular weight excluding hydrogens is 361 g/mol. The first-order chi connectivity index (χ1) is 10.1. The average Bonchev–Trinajstić information content (AvgIpc) is 2.81. The van der Waals surface area contributed by atoms with Crippen LogP contribution in [0.25, 0.3) is 0 Å². The van der Waals surface area contributed by atoms with Crippen molar-refractivity contribution in [2.75, 3.05) is 0 Å². The summed E-state index contributed by atoms with van der Waals surface area (Å²) in [7, 11) is -4.17. The number of alkyl halides is 3. The molecule has 0 fully saturated rings. The molecule has 2 rings (SSSR count). The van der Waals surface area contributed by atoms with Gasteiger partial charge < -0.3 is 0 Å². The quantitative estimate of drug-likeness (QED) is 0.894. The fraction of sp³-hybridized carbons (Fsp3) is 0.250. The molecule has 0 saturated carbocycles. The predicted octanol–water partition coefficient (Wildman–Crippen LogP) is 3.60. The first kappa shape index (κ1) is 17.2. The van der Waals surface area contributed by atoms with Crippen LogP contribution in [-0.2, 0) is 22.7 Å². The Kier molecular flexibility index (Phi) is 4.81. The molecule has 0 atom stereocenters. The molecule has 0 saturated heterocycles. The minimum absolute atomic E-state index is 0.0690. The van der Waals surface area contributed by atoms with Gasteiger partial charge >= 0.3 is 6.18 Å². The highest BCUT2D eigenvalue weighted by atomic mass is 35.5. The van der Waals surface area contributed by atoms with Gasteiger partial charge in [-0.15, -0.1) is 11.3 Å². The first-order valence-corrected chi connectivity index (χ1v) is 8.55. The molecule has 0 bridgehead atoms. The van der Waals surface area contributed by atoms with Crippen molar-refractivity contribution in [2.45, 2.75) is 24.5 Å². The van der Waals surface area contributed by atoms with Crippen LogP contribution >= 0.6 is 22.9 Å². The van der Waals surface area contributed by atoms with E-state index in [1.165, 1.54) is 17.5 Å². The summed E-state index contributed by atoms with van der Waals surface area (Å²) in [5.74, 6) is 0. The van der Waals surface area contributed by atoms with Gasteiger partial charge in [0.05, 0.1) is 15.6 Å². The van der Waals surface area contributed by atoms with Crippen LogP contribution in [0.5, 0.6) is 0 Å². The maximum atomic E-state index is 12.7. The SMILES string of the molecule is Cc1ncc(CNS(=O)(=O)c2cc(C(F)(F)F)ccc2Cl)s1. The average molecular weight is 371 g/mol. The number of rotatable bonds is 4. The number of benzene rings is 1. The highest BCUT2D eigenvalue weighted by Gasteiger charge is 2.32. The summed E-state index contributed by atoms with van der Waals surface area (Å²) in [6, 6.07) is 2.16. The van der Waals surface area contributed by atoms with Gasteiger partial charge in [-0.2, -0.15) is 13.2 Å². The molecule has 2 aromatic rings. The van der Waals surface area contributed by atoms with Crippen molar-refractivity contribution in [3.63, 3.8) is 0 Å². The third-order valence-electron chi connectivity index (χ3n) is 2.65. The van der Waals surface area contributed by atoms with E-state index in [9.17, 15) is 21.6 Å². The van der Waals surface area contributed by atoms with E-state index in [0.29, 0.717) is 10.9 Å². The predicted molar refractivity (Wildman–Crippen MR) is 77.3 cm³/mol. The van der Waals surface area contributed by atoms with E-state index in [4.69, 9.17) is 11.6 Å². The third kappa shape index (κ3) is 3.97. The zero-order valence-corrected chi connectivity index (χ0v) is 13.5. The van der Waals surface area contributed by atoms with Crippen LogP contribution in [0.15, 0.2) is 29.3 Å². The molecule has 1 heterocycles. The summed E-state index contributed by atoms with van der Waals surface area (Å²) in [6.07, 6.45) is -3.15. The Morgan fingerprint density at radius 2 is 2.05 bits per heavy atom. The molecule has 1 aromatic heterocycles. The zero-order valence-electron chi connectivity index (χ0n) is 11.1. The van der Waals surface area contributed by atoms with Crippen LogP contribution in [0.1, 0.15) is 15.4 Å². The fourth-order valence-electron chi connectivity index (χ4n) is 1.62. The van der Waals surface area contributed by atoms with Gasteiger partial charge in [0, 0.05) is 17.6 Å². The summed E-state index contributed by atoms with van der Waals surface area (Å²) in [5.41, 5.74) is -1.08. The van der Waals surface area contributed by atoms with Crippen molar-refractivity contribution in [3.8, 4) is 0 Å². The molecule has 10 heteroatoms. The highest BCUT2D eigenvalue weighted by Crippen LogP contribution is 2.33. The molecule has 0 unspecified atom stereocenters. The van der Waals surface area contributed by atoms with E-state index in [1.807, 2.05) is 0 Å². The minimum Gasteiger partial charge on any atom is -0.250 e. The van der Waals surface area contributed by atoms with Crippen LogP contribution < -0.4 is 4.72 Å². The van der Waals surface area contributed by atoms with Gasteiger partial charge in [0.15, 0.2) is 0 Å². The number of aryl methyl sites for hydroxylation is 1. The molecule has 0 spiro atoms. The normalized spacial score (nSPS) is 12.6. The molecule has 0 amide bonds. The van der Waals surface area contributed by atoms with Gasteiger partial charge in [0.2, 0.25) is 10.0 Å². The maximum Gasteiger partial charge on any atom is 0.416 e. The Balaban J connectivity index is 2.28. The molecule has 4 nitrogen and oxygen atoms in total. The molecule has 120 valence electrons. The second kappa shape index (κ2) is 6.15. The number of nitrogens with zero attached hydrogens (tertiary/aromatic N) is 1. The summed E-state index contributed by atoms with van der Waals surface area (Å²) in [4.78, 5) is 4.00. The smallest absolute Gasteiger partial charge is 0.250 e. The Morgan fingerprint density at radius 1 is 1.36 bits per heavy atom. The van der Waals surface area contributed by atoms with Crippen molar-refractivity contribution in [1.29, 1.82) is 0 Å². The van der Waals surface area contributed by atoms with E-state index >= 15 is 0 Å². The van der Waals surface area contributed by atoms with Crippen molar-refractivity contribution in [1.82, 2.24) is 9.71 Å². The molecule has 0 aliphatic carbocycles. The van der Waals surface area contributed by atoms with Crippen LogP contribution in [-0.4, -0.2) is 13.4 Å². The van der Waals surface area contributed by atoms with Crippen LogP contribution in [0, 0.1) is 6.92 Å². The van der Waals surface area contributed by atoms with Crippen molar-refractivity contribution < 1.29 is 21.6 Å². The van der Waals surface area contributed by atoms with E-state index < -0.39 is 26.7 Å². The van der Waals surface area contributed by atoms with E-state index in [2.05, 4.69) is 9.71 Å². The molecule has 1 N–H and O–H groups in total. The molecule has 0 radical (unpaired) electrons. The Morgan fingerprint density at radius 3 is 2.59 bits per heavy atom. The molecule has 1 aromatic carbocycles. The highest BCUT2D eigenvalue weighted by molar-refractivity contribution is 7.89. The summed E-state index contributed by atoms with van der Waals surface area (Å²) >= 11 is 7.00. The number of aromatic nitrogens is 1. The second-order valence-corrected chi connectivity index (χ2v) is 7.78. The number of halogens is 4. The lowest BCUT2D eigenvalue weighted by Crippen LogP contribution is -2.23. The largest absolute Gasteiger partial charge is 0.416 e. The lowest BCUT2D eigenvalue weighted by Gasteiger charge is -2.11. The Hall–Kier alpha value is -1.16. The third-order valence-corrected chi connectivity index (χ3v) is 5.45. The number of sulfonamides is 1. The number of hydrogen-bond acceptors (Lipinski definition) is 4. The lowest BCUT2D eigenvalue weighted by molar-refractivity contribution is -0.137. The van der Waals surface area contributed by atoms with Crippen molar-refractivity contribution in [2.24, 2.45) is 0 Å². The fourth-order valence-corrected chi connectivity index (χ4v) is 3.97. The van der Waals surface area contributed by atoms with Crippen LogP contribution in [0.3, 0.4) is 0 Å². The van der Waals surface area contributed by atoms with Gasteiger partial charge in [-0.3, -0.25) is 0 Å². The monoisotopic (exact) mass is 370 g/mol. The van der Waals surface area contributed by atoms with Gasteiger partial charge in [0.25, 0.3) is 0 Å². The molecular formula is C12H10ClF3N2O2S2. The second-order valence-electron chi connectivity index (χ2n) is 4.31. The van der Waals surface area contributed by atoms with E-state index in [0.717, 1.165) is 17.1 Å². The van der Waals surface area contributed by atoms with Crippen LogP contribution in [0.4, 0.5) is 13.2 Å². The van der Waals surface area contributed by atoms with Gasteiger partial charge in [-0.05, 0) is 25.1 Å². The Labute approximate surface area is 134 Å². The Bertz CT molecular complexity index is 788. The molecule has 0 aliphatic rings. The van der Waals surface area contributed by atoms with Gasteiger partial charge in [-0.25, -0.2) is 18.1 Å². The number of hydrogen-bond donors (Lipinski definition) is 1. The summed E-state index contributed by atoms with van der Waals surface area (Å²) in [5, 5.41) is 0.479.